The lowest BCUT2D eigenvalue weighted by Gasteiger charge is -2.21. The van der Waals surface area contributed by atoms with Crippen molar-refractivity contribution in [2.24, 2.45) is 0 Å². The molecule has 1 rings (SSSR count). The van der Waals surface area contributed by atoms with Gasteiger partial charge in [0, 0.05) is 20.2 Å². The Morgan fingerprint density at radius 2 is 2.11 bits per heavy atom. The number of aromatic nitrogens is 2. The lowest BCUT2D eigenvalue weighted by Crippen LogP contribution is -2.31. The van der Waals surface area contributed by atoms with E-state index in [1.165, 1.54) is 19.5 Å². The van der Waals surface area contributed by atoms with Crippen LogP contribution in [0, 0.1) is 0 Å². The Bertz CT molecular complexity index is 369. The van der Waals surface area contributed by atoms with Gasteiger partial charge < -0.3 is 19.5 Å². The van der Waals surface area contributed by atoms with Crippen molar-refractivity contribution >= 4 is 11.8 Å². The van der Waals surface area contributed by atoms with E-state index in [1.54, 1.807) is 7.11 Å². The van der Waals surface area contributed by atoms with Gasteiger partial charge in [0.05, 0.1) is 32.7 Å². The first-order chi connectivity index (χ1) is 8.72. The van der Waals surface area contributed by atoms with Crippen molar-refractivity contribution in [2.45, 2.75) is 0 Å². The average molecular weight is 255 g/mol. The Labute approximate surface area is 105 Å². The van der Waals surface area contributed by atoms with E-state index in [9.17, 15) is 4.79 Å². The van der Waals surface area contributed by atoms with Gasteiger partial charge in [0.25, 0.3) is 0 Å². The maximum absolute atomic E-state index is 11.2. The van der Waals surface area contributed by atoms with E-state index in [-0.39, 0.29) is 12.3 Å². The largest absolute Gasteiger partial charge is 0.464 e. The zero-order valence-electron chi connectivity index (χ0n) is 10.5. The third-order valence-electron chi connectivity index (χ3n) is 2.29. The van der Waals surface area contributed by atoms with Crippen molar-refractivity contribution < 1.29 is 19.4 Å². The number of esters is 1. The number of nitrogens with zero attached hydrogens (tertiary/aromatic N) is 3. The summed E-state index contributed by atoms with van der Waals surface area (Å²) in [6.07, 6.45) is 2.82. The molecule has 18 heavy (non-hydrogen) atoms. The summed E-state index contributed by atoms with van der Waals surface area (Å²) in [6, 6.07) is 0. The van der Waals surface area contributed by atoms with E-state index in [1.807, 2.05) is 4.90 Å². The van der Waals surface area contributed by atoms with Crippen LogP contribution in [0.3, 0.4) is 0 Å². The molecule has 0 saturated heterocycles. The van der Waals surface area contributed by atoms with Gasteiger partial charge >= 0.3 is 5.97 Å². The highest BCUT2D eigenvalue weighted by Crippen LogP contribution is 2.08. The summed E-state index contributed by atoms with van der Waals surface area (Å²) in [7, 11) is 2.89. The SMILES string of the molecule is COCCN(CCO)c1cnc(C(=O)OC)cn1. The van der Waals surface area contributed by atoms with Crippen LogP contribution in [0.1, 0.15) is 10.5 Å². The molecule has 1 N–H and O–H groups in total. The maximum Gasteiger partial charge on any atom is 0.358 e. The Kier molecular flexibility index (Phi) is 6.03. The molecule has 1 heterocycles. The lowest BCUT2D eigenvalue weighted by atomic mass is 10.4. The molecule has 0 saturated carbocycles. The molecule has 7 heteroatoms. The van der Waals surface area contributed by atoms with Gasteiger partial charge in [0.2, 0.25) is 0 Å². The fourth-order valence-corrected chi connectivity index (χ4v) is 1.36. The number of anilines is 1. The van der Waals surface area contributed by atoms with Gasteiger partial charge in [0.15, 0.2) is 5.69 Å². The number of aliphatic hydroxyl groups is 1. The minimum atomic E-state index is -0.528. The first-order valence-electron chi connectivity index (χ1n) is 5.48. The smallest absolute Gasteiger partial charge is 0.358 e. The number of carbonyl (C=O) groups is 1. The number of rotatable bonds is 7. The van der Waals surface area contributed by atoms with Crippen molar-refractivity contribution in [3.05, 3.63) is 18.1 Å². The summed E-state index contributed by atoms with van der Waals surface area (Å²) in [5, 5.41) is 8.97. The van der Waals surface area contributed by atoms with Crippen LogP contribution >= 0.6 is 0 Å². The fraction of sp³-hybridized carbons (Fsp3) is 0.545. The summed E-state index contributed by atoms with van der Waals surface area (Å²) in [5.41, 5.74) is 0.150. The number of hydrogen-bond donors (Lipinski definition) is 1. The first-order valence-corrected chi connectivity index (χ1v) is 5.48. The summed E-state index contributed by atoms with van der Waals surface area (Å²) in [4.78, 5) is 21.1. The second-order valence-electron chi connectivity index (χ2n) is 3.45. The molecule has 0 fully saturated rings. The van der Waals surface area contributed by atoms with Crippen LogP contribution in [0.2, 0.25) is 0 Å². The lowest BCUT2D eigenvalue weighted by molar-refractivity contribution is 0.0593. The highest BCUT2D eigenvalue weighted by molar-refractivity contribution is 5.86. The monoisotopic (exact) mass is 255 g/mol. The summed E-state index contributed by atoms with van der Waals surface area (Å²) < 4.78 is 9.51. The van der Waals surface area contributed by atoms with E-state index in [0.29, 0.717) is 25.5 Å². The molecule has 0 aliphatic rings. The van der Waals surface area contributed by atoms with Crippen LogP contribution in [0.5, 0.6) is 0 Å². The third kappa shape index (κ3) is 3.94. The van der Waals surface area contributed by atoms with Gasteiger partial charge in [-0.2, -0.15) is 0 Å². The van der Waals surface area contributed by atoms with Gasteiger partial charge in [-0.05, 0) is 0 Å². The zero-order valence-corrected chi connectivity index (χ0v) is 10.5. The molecule has 0 aliphatic heterocycles. The van der Waals surface area contributed by atoms with Gasteiger partial charge in [-0.3, -0.25) is 0 Å². The molecule has 7 nitrogen and oxygen atoms in total. The minimum Gasteiger partial charge on any atom is -0.464 e. The first kappa shape index (κ1) is 14.3. The van der Waals surface area contributed by atoms with Crippen molar-refractivity contribution in [1.29, 1.82) is 0 Å². The highest BCUT2D eigenvalue weighted by atomic mass is 16.5. The van der Waals surface area contributed by atoms with E-state index in [2.05, 4.69) is 14.7 Å². The normalized spacial score (nSPS) is 10.2. The van der Waals surface area contributed by atoms with Crippen molar-refractivity contribution in [3.63, 3.8) is 0 Å². The predicted molar refractivity (Wildman–Crippen MR) is 64.5 cm³/mol. The van der Waals surface area contributed by atoms with E-state index in [4.69, 9.17) is 9.84 Å². The van der Waals surface area contributed by atoms with Gasteiger partial charge in [-0.25, -0.2) is 14.8 Å². The molecule has 0 aliphatic carbocycles. The van der Waals surface area contributed by atoms with Crippen molar-refractivity contribution in [2.75, 3.05) is 45.4 Å². The molecular weight excluding hydrogens is 238 g/mol. The minimum absolute atomic E-state index is 0.00411. The van der Waals surface area contributed by atoms with Gasteiger partial charge in [0.1, 0.15) is 5.82 Å². The third-order valence-corrected chi connectivity index (χ3v) is 2.29. The van der Waals surface area contributed by atoms with Gasteiger partial charge in [-0.1, -0.05) is 0 Å². The maximum atomic E-state index is 11.2. The van der Waals surface area contributed by atoms with Crippen LogP contribution < -0.4 is 4.90 Å². The van der Waals surface area contributed by atoms with E-state index >= 15 is 0 Å². The zero-order chi connectivity index (χ0) is 13.4. The predicted octanol–water partition coefficient (Wildman–Crippen LogP) is -0.292. The Morgan fingerprint density at radius 1 is 1.33 bits per heavy atom. The van der Waals surface area contributed by atoms with Gasteiger partial charge in [-0.15, -0.1) is 0 Å². The van der Waals surface area contributed by atoms with Crippen LogP contribution in [-0.4, -0.2) is 61.6 Å². The molecular formula is C11H17N3O4. The fourth-order valence-electron chi connectivity index (χ4n) is 1.36. The van der Waals surface area contributed by atoms with Crippen LogP contribution in [0.4, 0.5) is 5.82 Å². The van der Waals surface area contributed by atoms with Crippen molar-refractivity contribution in [3.8, 4) is 0 Å². The Balaban J connectivity index is 2.76. The molecule has 0 radical (unpaired) electrons. The molecule has 0 spiro atoms. The molecule has 0 aromatic carbocycles. The van der Waals surface area contributed by atoms with Crippen LogP contribution in [0.25, 0.3) is 0 Å². The second kappa shape index (κ2) is 7.57. The standard InChI is InChI=1S/C11H17N3O4/c1-17-6-4-14(3-5-15)10-8-12-9(7-13-10)11(16)18-2/h7-8,15H,3-6H2,1-2H3. The molecule has 0 unspecified atom stereocenters. The topological polar surface area (TPSA) is 84.8 Å². The summed E-state index contributed by atoms with van der Waals surface area (Å²) >= 11 is 0. The molecule has 0 amide bonds. The van der Waals surface area contributed by atoms with Crippen LogP contribution in [-0.2, 0) is 9.47 Å². The van der Waals surface area contributed by atoms with E-state index in [0.717, 1.165) is 0 Å². The van der Waals surface area contributed by atoms with Crippen molar-refractivity contribution in [1.82, 2.24) is 9.97 Å². The average Bonchev–Trinajstić information content (AvgIpc) is 2.43. The molecule has 0 bridgehead atoms. The molecule has 1 aromatic rings. The number of aliphatic hydroxyl groups excluding tert-OH is 1. The number of methoxy groups -OCH3 is 2. The van der Waals surface area contributed by atoms with E-state index < -0.39 is 5.97 Å². The summed E-state index contributed by atoms with van der Waals surface area (Å²) in [5.74, 6) is 0.0494. The molecule has 1 aromatic heterocycles. The second-order valence-corrected chi connectivity index (χ2v) is 3.45. The Hall–Kier alpha value is -1.73. The number of hydrogen-bond acceptors (Lipinski definition) is 7. The number of carbonyl (C=O) groups excluding carboxylic acids is 1. The summed E-state index contributed by atoms with van der Waals surface area (Å²) in [6.45, 7) is 1.53. The highest BCUT2D eigenvalue weighted by Gasteiger charge is 2.11. The Morgan fingerprint density at radius 3 is 2.61 bits per heavy atom. The molecule has 100 valence electrons. The molecule has 0 atom stereocenters. The number of ether oxygens (including phenoxy) is 2. The quantitative estimate of drug-likeness (QED) is 0.670. The van der Waals surface area contributed by atoms with Crippen LogP contribution in [0.15, 0.2) is 12.4 Å².